The van der Waals surface area contributed by atoms with Crippen molar-refractivity contribution in [3.05, 3.63) is 66.3 Å². The highest BCUT2D eigenvalue weighted by atomic mass is 35.5. The predicted molar refractivity (Wildman–Crippen MR) is 157 cm³/mol. The number of pyridine rings is 1. The van der Waals surface area contributed by atoms with E-state index in [4.69, 9.17) is 26.8 Å². The number of carbonyl (C=O) groups excluding carboxylic acids is 1. The Balaban J connectivity index is 1.29. The maximum Gasteiger partial charge on any atom is 0.410 e. The number of nitrogens with two attached hydrogens (primary N) is 1. The van der Waals surface area contributed by atoms with E-state index in [-0.39, 0.29) is 6.09 Å². The fraction of sp³-hybridized carbons (Fsp3) is 0.276. The molecule has 0 radical (unpaired) electrons. The zero-order chi connectivity index (χ0) is 28.7. The molecule has 1 aliphatic heterocycles. The number of fused-ring (bicyclic) bond motifs is 2. The number of ether oxygens (including phenoxy) is 2. The minimum Gasteiger partial charge on any atom is -0.456 e. The van der Waals surface area contributed by atoms with Crippen molar-refractivity contribution in [2.24, 2.45) is 0 Å². The minimum absolute atomic E-state index is 0.299. The summed E-state index contributed by atoms with van der Waals surface area (Å²) in [6.07, 6.45) is 4.42. The zero-order valence-electron chi connectivity index (χ0n) is 22.9. The van der Waals surface area contributed by atoms with Crippen LogP contribution in [-0.2, 0) is 4.74 Å². The first-order chi connectivity index (χ1) is 19.6. The molecule has 0 atom stereocenters. The highest BCUT2D eigenvalue weighted by molar-refractivity contribution is 6.32. The summed E-state index contributed by atoms with van der Waals surface area (Å²) in [6.45, 7) is 7.97. The van der Waals surface area contributed by atoms with Crippen molar-refractivity contribution in [1.82, 2.24) is 29.5 Å². The topological polar surface area (TPSA) is 124 Å². The molecule has 4 heterocycles. The van der Waals surface area contributed by atoms with Gasteiger partial charge in [-0.1, -0.05) is 17.7 Å². The number of anilines is 2. The third-order valence-corrected chi connectivity index (χ3v) is 7.07. The van der Waals surface area contributed by atoms with Gasteiger partial charge in [-0.3, -0.25) is 0 Å². The van der Waals surface area contributed by atoms with Gasteiger partial charge in [0.25, 0.3) is 0 Å². The van der Waals surface area contributed by atoms with Gasteiger partial charge in [-0.15, -0.1) is 0 Å². The summed E-state index contributed by atoms with van der Waals surface area (Å²) in [4.78, 5) is 29.5. The highest BCUT2D eigenvalue weighted by Crippen LogP contribution is 2.38. The summed E-state index contributed by atoms with van der Waals surface area (Å²) in [6, 6.07) is 13.3. The number of aromatic nitrogens is 5. The maximum absolute atomic E-state index is 12.6. The number of carbonyl (C=O) groups is 1. The normalized spacial score (nSPS) is 14.0. The van der Waals surface area contributed by atoms with E-state index in [2.05, 4.69) is 31.0 Å². The minimum atomic E-state index is -0.536. The molecule has 1 fully saturated rings. The van der Waals surface area contributed by atoms with E-state index in [0.29, 0.717) is 54.2 Å². The Morgan fingerprint density at radius 1 is 0.976 bits per heavy atom. The lowest BCUT2D eigenvalue weighted by atomic mass is 10.00. The Kier molecular flexibility index (Phi) is 6.74. The van der Waals surface area contributed by atoms with Crippen molar-refractivity contribution in [3.63, 3.8) is 0 Å². The molecule has 0 saturated carbocycles. The Morgan fingerprint density at radius 3 is 2.54 bits per heavy atom. The SMILES string of the molecule is CC(C)(C)OC(=O)N1CCN(c2cc(-c3ccc(Oc4ccn5ncnc5c4)c(Cl)c3)c3ncnc(N)c3c2)CC1. The van der Waals surface area contributed by atoms with Crippen LogP contribution in [0.25, 0.3) is 27.7 Å². The number of hydrogen-bond acceptors (Lipinski definition) is 9. The predicted octanol–water partition coefficient (Wildman–Crippen LogP) is 5.42. The highest BCUT2D eigenvalue weighted by Gasteiger charge is 2.26. The largest absolute Gasteiger partial charge is 0.456 e. The van der Waals surface area contributed by atoms with Gasteiger partial charge in [0.1, 0.15) is 35.6 Å². The van der Waals surface area contributed by atoms with Crippen LogP contribution >= 0.6 is 11.6 Å². The van der Waals surface area contributed by atoms with Crippen LogP contribution in [0.2, 0.25) is 5.02 Å². The van der Waals surface area contributed by atoms with E-state index in [1.807, 2.05) is 45.0 Å². The molecule has 0 bridgehead atoms. The molecule has 3 aromatic heterocycles. The summed E-state index contributed by atoms with van der Waals surface area (Å²) >= 11 is 6.71. The van der Waals surface area contributed by atoms with Gasteiger partial charge in [-0.2, -0.15) is 5.10 Å². The molecule has 1 aliphatic rings. The summed E-state index contributed by atoms with van der Waals surface area (Å²) in [5.41, 5.74) is 9.82. The van der Waals surface area contributed by atoms with E-state index in [1.165, 1.54) is 12.7 Å². The smallest absolute Gasteiger partial charge is 0.410 e. The van der Waals surface area contributed by atoms with Crippen LogP contribution in [0.4, 0.5) is 16.3 Å². The second-order valence-corrected chi connectivity index (χ2v) is 11.2. The van der Waals surface area contributed by atoms with E-state index in [0.717, 1.165) is 27.7 Å². The van der Waals surface area contributed by atoms with E-state index in [9.17, 15) is 4.79 Å². The Hall–Kier alpha value is -4.64. The number of halogens is 1. The van der Waals surface area contributed by atoms with Crippen molar-refractivity contribution in [2.75, 3.05) is 36.8 Å². The van der Waals surface area contributed by atoms with Gasteiger partial charge in [-0.25, -0.2) is 24.3 Å². The van der Waals surface area contributed by atoms with Crippen LogP contribution in [0.1, 0.15) is 20.8 Å². The molecular formula is C29H29ClN8O3. The molecule has 210 valence electrons. The van der Waals surface area contributed by atoms with Crippen molar-refractivity contribution >= 4 is 45.7 Å². The van der Waals surface area contributed by atoms with Gasteiger partial charge in [0, 0.05) is 55.1 Å². The first-order valence-corrected chi connectivity index (χ1v) is 13.6. The van der Waals surface area contributed by atoms with Crippen LogP contribution in [0.3, 0.4) is 0 Å². The quantitative estimate of drug-likeness (QED) is 0.300. The Labute approximate surface area is 241 Å². The molecule has 6 rings (SSSR count). The molecule has 12 heteroatoms. The van der Waals surface area contributed by atoms with Crippen LogP contribution < -0.4 is 15.4 Å². The lowest BCUT2D eigenvalue weighted by Crippen LogP contribution is -2.50. The first-order valence-electron chi connectivity index (χ1n) is 13.2. The van der Waals surface area contributed by atoms with Crippen LogP contribution in [0.15, 0.2) is 61.3 Å². The molecule has 0 unspecified atom stereocenters. The second-order valence-electron chi connectivity index (χ2n) is 10.8. The Bertz CT molecular complexity index is 1760. The van der Waals surface area contributed by atoms with Crippen molar-refractivity contribution in [3.8, 4) is 22.6 Å². The van der Waals surface area contributed by atoms with Crippen molar-refractivity contribution in [1.29, 1.82) is 0 Å². The zero-order valence-corrected chi connectivity index (χ0v) is 23.7. The molecule has 1 amide bonds. The van der Waals surface area contributed by atoms with E-state index >= 15 is 0 Å². The van der Waals surface area contributed by atoms with Crippen molar-refractivity contribution in [2.45, 2.75) is 26.4 Å². The lowest BCUT2D eigenvalue weighted by molar-refractivity contribution is 0.0240. The second kappa shape index (κ2) is 10.4. The standard InChI is InChI=1S/C29H29ClN8O3/c1-29(2,3)41-28(39)37-10-8-36(9-11-37)19-13-21(26-22(14-19)27(31)34-16-33-26)18-4-5-24(23(30)12-18)40-20-6-7-38-25(15-20)32-17-35-38/h4-7,12-17H,8-11H2,1-3H3,(H2,31,33,34). The van der Waals surface area contributed by atoms with E-state index in [1.54, 1.807) is 27.7 Å². The molecule has 1 saturated heterocycles. The van der Waals surface area contributed by atoms with Gasteiger partial charge in [0.2, 0.25) is 0 Å². The summed E-state index contributed by atoms with van der Waals surface area (Å²) in [5.74, 6) is 1.49. The number of hydrogen-bond donors (Lipinski definition) is 1. The summed E-state index contributed by atoms with van der Waals surface area (Å²) in [5, 5.41) is 5.29. The van der Waals surface area contributed by atoms with Gasteiger partial charge < -0.3 is 25.0 Å². The average Bonchev–Trinajstić information content (AvgIpc) is 3.41. The number of piperazine rings is 1. The van der Waals surface area contributed by atoms with Crippen LogP contribution in [-0.4, -0.2) is 67.3 Å². The monoisotopic (exact) mass is 572 g/mol. The number of nitrogens with zero attached hydrogens (tertiary/aromatic N) is 7. The maximum atomic E-state index is 12.6. The molecule has 2 N–H and O–H groups in total. The van der Waals surface area contributed by atoms with Gasteiger partial charge in [-0.05, 0) is 56.7 Å². The lowest BCUT2D eigenvalue weighted by Gasteiger charge is -2.37. The third-order valence-electron chi connectivity index (χ3n) is 6.77. The van der Waals surface area contributed by atoms with Gasteiger partial charge >= 0.3 is 6.09 Å². The molecule has 41 heavy (non-hydrogen) atoms. The molecule has 0 aliphatic carbocycles. The summed E-state index contributed by atoms with van der Waals surface area (Å²) < 4.78 is 13.3. The Morgan fingerprint density at radius 2 is 1.78 bits per heavy atom. The molecular weight excluding hydrogens is 544 g/mol. The fourth-order valence-corrected chi connectivity index (χ4v) is 5.01. The fourth-order valence-electron chi connectivity index (χ4n) is 4.79. The van der Waals surface area contributed by atoms with Crippen molar-refractivity contribution < 1.29 is 14.3 Å². The molecule has 11 nitrogen and oxygen atoms in total. The number of nitrogen functional groups attached to an aromatic ring is 1. The summed E-state index contributed by atoms with van der Waals surface area (Å²) in [7, 11) is 0. The van der Waals surface area contributed by atoms with E-state index < -0.39 is 5.60 Å². The molecule has 2 aromatic carbocycles. The van der Waals surface area contributed by atoms with Crippen LogP contribution in [0, 0.1) is 0 Å². The molecule has 5 aromatic rings. The first kappa shape index (κ1) is 26.6. The molecule has 0 spiro atoms. The number of amides is 1. The van der Waals surface area contributed by atoms with Gasteiger partial charge in [0.15, 0.2) is 5.65 Å². The number of rotatable bonds is 4. The van der Waals surface area contributed by atoms with Gasteiger partial charge in [0.05, 0.1) is 10.5 Å². The number of benzene rings is 2. The van der Waals surface area contributed by atoms with Crippen LogP contribution in [0.5, 0.6) is 11.5 Å². The average molecular weight is 573 g/mol. The third kappa shape index (κ3) is 5.53.